The highest BCUT2D eigenvalue weighted by atomic mass is 35.5. The molecule has 0 radical (unpaired) electrons. The molecule has 7 N–H and O–H groups in total. The van der Waals surface area contributed by atoms with Crippen LogP contribution in [0.2, 0.25) is 10.0 Å². The summed E-state index contributed by atoms with van der Waals surface area (Å²) in [6.07, 6.45) is 1.37. The number of phenolic OH excluding ortho intramolecular Hbond substituents is 1. The summed E-state index contributed by atoms with van der Waals surface area (Å²) in [5.41, 5.74) is 8.40. The largest absolute Gasteiger partial charge is 0.508 e. The van der Waals surface area contributed by atoms with Gasteiger partial charge in [-0.15, -0.1) is 34.3 Å². The molecule has 85 heavy (non-hydrogen) atoms. The van der Waals surface area contributed by atoms with Crippen molar-refractivity contribution in [1.29, 1.82) is 0 Å². The molecule has 18 nitrogen and oxygen atoms in total. The van der Waals surface area contributed by atoms with Crippen LogP contribution in [-0.2, 0) is 35.1 Å². The summed E-state index contributed by atoms with van der Waals surface area (Å²) >= 11 is 20.9. The highest BCUT2D eigenvalue weighted by Crippen LogP contribution is 2.32. The normalized spacial score (nSPS) is 13.4. The first-order valence-corrected chi connectivity index (χ1v) is 30.4. The Morgan fingerprint density at radius 3 is 1.59 bits per heavy atom. The smallest absolute Gasteiger partial charge is 0.425 e. The predicted octanol–water partition coefficient (Wildman–Crippen LogP) is 12.5. The van der Waals surface area contributed by atoms with Crippen LogP contribution >= 0.6 is 57.5 Å². The molecule has 2 aliphatic heterocycles. The van der Waals surface area contributed by atoms with Gasteiger partial charge in [0.05, 0.1) is 30.6 Å². The maximum atomic E-state index is 13.1. The number of hydrogen-bond acceptors (Lipinski definition) is 17. The van der Waals surface area contributed by atoms with E-state index in [0.717, 1.165) is 94.7 Å². The number of ether oxygens (including phenoxy) is 3. The quantitative estimate of drug-likeness (QED) is 0.0590. The molecule has 4 aromatic carbocycles. The monoisotopic (exact) mass is 1250 g/mol. The first kappa shape index (κ1) is 63.6. The SMILES string of the molecule is CC(C)(C)OC(=O)N(C(=O)OC(C)(C)C)c1nccc2cc(CNC(=O)c3cc(Cl)c(CCl)s3)ccc12.Nc1nccc2cc(CNC(=O)c3cc(Cl)c(COc4ccc(N5CCNCC5)cc4)s3)ccc12.Oc1ccc(N2CCNCC2)cc1. The highest BCUT2D eigenvalue weighted by molar-refractivity contribution is 7.15. The van der Waals surface area contributed by atoms with Gasteiger partial charge in [0.15, 0.2) is 5.82 Å². The molecule has 2 saturated heterocycles. The number of benzene rings is 4. The Morgan fingerprint density at radius 2 is 1.09 bits per heavy atom. The third kappa shape index (κ3) is 18.1. The number of imide groups is 1. The third-order valence-electron chi connectivity index (χ3n) is 13.0. The van der Waals surface area contributed by atoms with Gasteiger partial charge >= 0.3 is 12.2 Å². The van der Waals surface area contributed by atoms with Gasteiger partial charge in [-0.25, -0.2) is 19.6 Å². The number of pyridine rings is 2. The number of halogens is 3. The van der Waals surface area contributed by atoms with Crippen molar-refractivity contribution in [3.05, 3.63) is 162 Å². The van der Waals surface area contributed by atoms with Crippen LogP contribution in [0.5, 0.6) is 11.5 Å². The Bertz CT molecular complexity index is 3570. The summed E-state index contributed by atoms with van der Waals surface area (Å²) in [4.78, 5) is 67.8. The van der Waals surface area contributed by atoms with Crippen molar-refractivity contribution >= 4 is 126 Å². The Hall–Kier alpha value is -7.43. The predicted molar refractivity (Wildman–Crippen MR) is 342 cm³/mol. The van der Waals surface area contributed by atoms with Gasteiger partial charge < -0.3 is 56.1 Å². The minimum atomic E-state index is -0.899. The summed E-state index contributed by atoms with van der Waals surface area (Å²) < 4.78 is 16.9. The fraction of sp³-hybridized carbons (Fsp3) is 0.323. The van der Waals surface area contributed by atoms with Gasteiger partial charge in [-0.05, 0) is 148 Å². The van der Waals surface area contributed by atoms with E-state index in [0.29, 0.717) is 55.3 Å². The molecule has 0 atom stereocenters. The van der Waals surface area contributed by atoms with Crippen LogP contribution in [0.4, 0.5) is 32.6 Å². The lowest BCUT2D eigenvalue weighted by Gasteiger charge is -2.29. The van der Waals surface area contributed by atoms with Gasteiger partial charge in [-0.2, -0.15) is 4.90 Å². The van der Waals surface area contributed by atoms with E-state index in [1.165, 1.54) is 40.2 Å². The number of anilines is 4. The summed E-state index contributed by atoms with van der Waals surface area (Å²) in [6, 6.07) is 33.6. The number of hydrogen-bond donors (Lipinski definition) is 6. The van der Waals surface area contributed by atoms with Gasteiger partial charge in [0.1, 0.15) is 35.1 Å². The van der Waals surface area contributed by atoms with Gasteiger partial charge in [-0.1, -0.05) is 47.5 Å². The molecule has 2 aliphatic rings. The molecule has 4 amide bonds. The number of thiophene rings is 2. The molecule has 0 spiro atoms. The molecule has 0 bridgehead atoms. The summed E-state index contributed by atoms with van der Waals surface area (Å²) in [5.74, 6) is 1.49. The summed E-state index contributed by atoms with van der Waals surface area (Å²) in [7, 11) is 0. The van der Waals surface area contributed by atoms with Gasteiger partial charge in [0.25, 0.3) is 11.8 Å². The fourth-order valence-electron chi connectivity index (χ4n) is 8.90. The fourth-order valence-corrected chi connectivity index (χ4v) is 11.7. The zero-order chi connectivity index (χ0) is 60.8. The molecule has 8 aromatic rings. The number of alkyl halides is 1. The van der Waals surface area contributed by atoms with Crippen molar-refractivity contribution in [2.24, 2.45) is 0 Å². The Kier molecular flexibility index (Phi) is 21.8. The van der Waals surface area contributed by atoms with Crippen molar-refractivity contribution in [3.8, 4) is 11.5 Å². The molecular formula is C62H69Cl3N10O8S2. The minimum Gasteiger partial charge on any atom is -0.508 e. The average molecular weight is 1250 g/mol. The lowest BCUT2D eigenvalue weighted by atomic mass is 10.1. The minimum absolute atomic E-state index is 0.0819. The maximum absolute atomic E-state index is 13.1. The molecule has 10 rings (SSSR count). The second kappa shape index (κ2) is 29.1. The second-order valence-electron chi connectivity index (χ2n) is 21.8. The number of fused-ring (bicyclic) bond motifs is 2. The van der Waals surface area contributed by atoms with Crippen LogP contribution in [-0.4, -0.2) is 103 Å². The Labute approximate surface area is 517 Å². The van der Waals surface area contributed by atoms with E-state index in [-0.39, 0.29) is 30.1 Å². The molecular weight excluding hydrogens is 1180 g/mol. The van der Waals surface area contributed by atoms with E-state index in [2.05, 4.69) is 53.2 Å². The van der Waals surface area contributed by atoms with Crippen molar-refractivity contribution in [3.63, 3.8) is 0 Å². The zero-order valence-electron chi connectivity index (χ0n) is 48.1. The summed E-state index contributed by atoms with van der Waals surface area (Å²) in [5, 5.41) is 25.7. The third-order valence-corrected chi connectivity index (χ3v) is 16.6. The van der Waals surface area contributed by atoms with E-state index < -0.39 is 23.4 Å². The van der Waals surface area contributed by atoms with Gasteiger partial charge in [0.2, 0.25) is 0 Å². The molecule has 6 heterocycles. The molecule has 2 fully saturated rings. The Morgan fingerprint density at radius 1 is 0.635 bits per heavy atom. The van der Waals surface area contributed by atoms with Crippen LogP contribution in [0.3, 0.4) is 0 Å². The molecule has 0 unspecified atom stereocenters. The molecule has 4 aromatic heterocycles. The number of piperazine rings is 2. The van der Waals surface area contributed by atoms with Gasteiger partial charge in [0, 0.05) is 105 Å². The number of phenols is 1. The van der Waals surface area contributed by atoms with Crippen LogP contribution in [0.25, 0.3) is 21.5 Å². The first-order chi connectivity index (χ1) is 40.6. The number of nitrogens with zero attached hydrogens (tertiary/aromatic N) is 5. The number of amides is 4. The second-order valence-corrected chi connectivity index (χ2v) is 25.1. The molecule has 23 heteroatoms. The number of nitrogen functional groups attached to an aromatic ring is 1. The van der Waals surface area contributed by atoms with Crippen molar-refractivity contribution in [1.82, 2.24) is 31.2 Å². The number of aromatic hydroxyl groups is 1. The van der Waals surface area contributed by atoms with Crippen LogP contribution in [0.15, 0.2) is 122 Å². The topological polar surface area (TPSA) is 226 Å². The number of carbonyl (C=O) groups is 4. The van der Waals surface area contributed by atoms with Crippen LogP contribution < -0.4 is 46.4 Å². The number of carbonyl (C=O) groups excluding carboxylic acids is 4. The van der Waals surface area contributed by atoms with Crippen molar-refractivity contribution < 1.29 is 38.5 Å². The average Bonchev–Trinajstić information content (AvgIpc) is 3.43. The van der Waals surface area contributed by atoms with E-state index >= 15 is 0 Å². The van der Waals surface area contributed by atoms with E-state index in [1.54, 1.807) is 90.2 Å². The van der Waals surface area contributed by atoms with E-state index in [1.807, 2.05) is 54.6 Å². The number of nitrogens with two attached hydrogens (primary N) is 1. The van der Waals surface area contributed by atoms with Crippen molar-refractivity contribution in [2.45, 2.75) is 78.3 Å². The standard InChI is InChI=1S/C26H29Cl2N3O5S.C26H26ClN5O2S.C10H14N2O/c1-25(2,3)35-23(33)31(24(34)36-26(4,5)6)21-17-8-7-15(11-16(17)9-10-29-21)14-30-22(32)19-12-18(28)20(13-27)37-19;27-22-14-23(26(33)31-15-17-1-6-21-18(13-17)7-8-30-25(21)28)35-24(22)16-34-20-4-2-19(3-5-20)32-11-9-29-10-12-32;13-10-3-1-9(2-4-10)12-7-5-11-6-8-12/h7-12H,13-14H2,1-6H3,(H,30,32);1-8,13-14,29H,9-12,15-16H2,(H2,28,30)(H,31,33);1-4,11,13H,5-8H2. The number of rotatable bonds is 13. The lowest BCUT2D eigenvalue weighted by molar-refractivity contribution is 0.0428. The maximum Gasteiger partial charge on any atom is 0.425 e. The zero-order valence-corrected chi connectivity index (χ0v) is 52.0. The Balaban J connectivity index is 0.000000183. The van der Waals surface area contributed by atoms with E-state index in [4.69, 9.17) is 59.9 Å². The molecule has 448 valence electrons. The molecule has 0 saturated carbocycles. The van der Waals surface area contributed by atoms with Crippen molar-refractivity contribution in [2.75, 3.05) is 72.8 Å². The van der Waals surface area contributed by atoms with E-state index in [9.17, 15) is 19.2 Å². The molecule has 0 aliphatic carbocycles. The highest BCUT2D eigenvalue weighted by Gasteiger charge is 2.35. The van der Waals surface area contributed by atoms with Crippen LogP contribution in [0, 0.1) is 0 Å². The summed E-state index contributed by atoms with van der Waals surface area (Å²) in [6.45, 7) is 19.4. The lowest BCUT2D eigenvalue weighted by Crippen LogP contribution is -2.44. The van der Waals surface area contributed by atoms with Gasteiger partial charge in [-0.3, -0.25) is 9.59 Å². The first-order valence-electron chi connectivity index (χ1n) is 27.5. The van der Waals surface area contributed by atoms with Crippen LogP contribution in [0.1, 0.15) is 81.8 Å². The number of aromatic nitrogens is 2. The number of nitrogens with one attached hydrogen (secondary N) is 4.